The number of hydrogen-bond acceptors (Lipinski definition) is 10. The number of aliphatic hydroxyl groups excluding tert-OH is 3. The van der Waals surface area contributed by atoms with E-state index in [0.717, 1.165) is 0 Å². The smallest absolute Gasteiger partial charge is 0.253 e. The van der Waals surface area contributed by atoms with Gasteiger partial charge >= 0.3 is 0 Å². The summed E-state index contributed by atoms with van der Waals surface area (Å²) >= 11 is 0. The van der Waals surface area contributed by atoms with Crippen LogP contribution in [0.3, 0.4) is 0 Å². The maximum Gasteiger partial charge on any atom is 0.253 e. The van der Waals surface area contributed by atoms with E-state index in [2.05, 4.69) is 0 Å². The van der Waals surface area contributed by atoms with Crippen LogP contribution in [-0.2, 0) is 0 Å². The molecule has 0 saturated carbocycles. The molecule has 0 aliphatic carbocycles. The minimum absolute atomic E-state index is 1.83. The van der Waals surface area contributed by atoms with Gasteiger partial charge in [0.1, 0.15) is 0 Å². The minimum Gasteiger partial charge on any atom is -0.393 e. The minimum atomic E-state index is -4.03. The first-order chi connectivity index (χ1) is 6.95. The lowest BCUT2D eigenvalue weighted by atomic mass is 9.83. The van der Waals surface area contributed by atoms with Crippen molar-refractivity contribution < 1.29 is 51.1 Å². The highest BCUT2D eigenvalue weighted by molar-refractivity contribution is 5.04. The van der Waals surface area contributed by atoms with Gasteiger partial charge in [0.05, 0.1) is 6.61 Å². The summed E-state index contributed by atoms with van der Waals surface area (Å²) in [5, 5.41) is 87.9. The van der Waals surface area contributed by atoms with Crippen LogP contribution in [-0.4, -0.2) is 87.4 Å². The van der Waals surface area contributed by atoms with Gasteiger partial charge in [0.25, 0.3) is 11.6 Å². The lowest BCUT2D eigenvalue weighted by molar-refractivity contribution is -0.453. The van der Waals surface area contributed by atoms with Crippen LogP contribution in [0.25, 0.3) is 0 Å². The van der Waals surface area contributed by atoms with Crippen molar-refractivity contribution in [2.45, 2.75) is 29.8 Å². The van der Waals surface area contributed by atoms with Gasteiger partial charge in [-0.1, -0.05) is 0 Å². The number of hydrogen-bond donors (Lipinski definition) is 10. The van der Waals surface area contributed by atoms with Crippen LogP contribution in [0, 0.1) is 0 Å². The Kier molecular flexibility index (Phi) is 4.35. The Morgan fingerprint density at radius 3 is 1.06 bits per heavy atom. The van der Waals surface area contributed by atoms with Crippen LogP contribution in [0.15, 0.2) is 0 Å². The Morgan fingerprint density at radius 1 is 0.688 bits per heavy atom. The van der Waals surface area contributed by atoms with Crippen LogP contribution in [0.5, 0.6) is 0 Å². The van der Waals surface area contributed by atoms with Gasteiger partial charge in [-0.25, -0.2) is 0 Å². The summed E-state index contributed by atoms with van der Waals surface area (Å²) in [5.74, 6) is -8.07. The first kappa shape index (κ1) is 15.6. The Bertz CT molecular complexity index is 213. The molecular formula is C6H14O10. The summed E-state index contributed by atoms with van der Waals surface area (Å²) in [6.45, 7) is -1.83. The van der Waals surface area contributed by atoms with Crippen LogP contribution in [0.4, 0.5) is 0 Å². The van der Waals surface area contributed by atoms with Crippen molar-refractivity contribution in [2.24, 2.45) is 0 Å². The highest BCUT2D eigenvalue weighted by atomic mass is 16.6. The van der Waals surface area contributed by atoms with E-state index in [1.165, 1.54) is 0 Å². The third-order valence-electron chi connectivity index (χ3n) is 2.17. The summed E-state index contributed by atoms with van der Waals surface area (Å²) in [4.78, 5) is 0. The summed E-state index contributed by atoms with van der Waals surface area (Å²) in [6, 6.07) is 0. The van der Waals surface area contributed by atoms with E-state index in [1.54, 1.807) is 0 Å². The molecule has 0 aliphatic rings. The largest absolute Gasteiger partial charge is 0.393 e. The Labute approximate surface area is 88.5 Å². The topological polar surface area (TPSA) is 202 Å². The van der Waals surface area contributed by atoms with Gasteiger partial charge in [0.2, 0.25) is 18.2 Å². The molecule has 0 aliphatic heterocycles. The van der Waals surface area contributed by atoms with Gasteiger partial charge in [-0.15, -0.1) is 0 Å². The fourth-order valence-corrected chi connectivity index (χ4v) is 0.931. The van der Waals surface area contributed by atoms with E-state index in [4.69, 9.17) is 46.0 Å². The lowest BCUT2D eigenvalue weighted by Crippen LogP contribution is -2.76. The molecular weight excluding hydrogens is 232 g/mol. The molecule has 0 heterocycles. The predicted octanol–water partition coefficient (Wildman–Crippen LogP) is -6.31. The molecule has 0 rings (SSSR count). The fourth-order valence-electron chi connectivity index (χ4n) is 0.931. The van der Waals surface area contributed by atoms with E-state index >= 15 is 0 Å². The molecule has 0 aromatic heterocycles. The number of aliphatic hydroxyl groups is 10. The van der Waals surface area contributed by atoms with Crippen molar-refractivity contribution in [3.63, 3.8) is 0 Å². The summed E-state index contributed by atoms with van der Waals surface area (Å²) in [6.07, 6.45) is -6.25. The predicted molar refractivity (Wildman–Crippen MR) is 42.8 cm³/mol. The maximum atomic E-state index is 9.33. The van der Waals surface area contributed by atoms with Gasteiger partial charge in [0.15, 0.2) is 0 Å². The first-order valence-electron chi connectivity index (χ1n) is 3.90. The van der Waals surface area contributed by atoms with Gasteiger partial charge in [-0.2, -0.15) is 0 Å². The van der Waals surface area contributed by atoms with Gasteiger partial charge in [-0.05, 0) is 0 Å². The third-order valence-corrected chi connectivity index (χ3v) is 2.17. The van der Waals surface area contributed by atoms with E-state index in [-0.39, 0.29) is 0 Å². The summed E-state index contributed by atoms with van der Waals surface area (Å²) < 4.78 is 0. The standard InChI is InChI=1S/C6H14O10/c7-1-4(12,5(13,14)2(8)9)6(15,16)3(10)11/h2-3,7-16H,1H2. The first-order valence-corrected chi connectivity index (χ1v) is 3.90. The van der Waals surface area contributed by atoms with Crippen LogP contribution < -0.4 is 0 Å². The second-order valence-corrected chi connectivity index (χ2v) is 3.22. The molecule has 0 bridgehead atoms. The molecule has 0 radical (unpaired) electrons. The molecule has 0 atom stereocenters. The van der Waals surface area contributed by atoms with Crippen LogP contribution in [0.1, 0.15) is 0 Å². The second-order valence-electron chi connectivity index (χ2n) is 3.22. The zero-order chi connectivity index (χ0) is 13.4. The lowest BCUT2D eigenvalue weighted by Gasteiger charge is -2.46. The molecule has 0 unspecified atom stereocenters. The average Bonchev–Trinajstić information content (AvgIpc) is 2.15. The van der Waals surface area contributed by atoms with Gasteiger partial charge in [0, 0.05) is 0 Å². The Morgan fingerprint density at radius 2 is 0.938 bits per heavy atom. The zero-order valence-electron chi connectivity index (χ0n) is 7.83. The molecule has 0 fully saturated rings. The zero-order valence-corrected chi connectivity index (χ0v) is 7.83. The van der Waals surface area contributed by atoms with E-state index in [1.807, 2.05) is 0 Å². The second kappa shape index (κ2) is 4.46. The van der Waals surface area contributed by atoms with Crippen molar-refractivity contribution >= 4 is 0 Å². The molecule has 10 nitrogen and oxygen atoms in total. The van der Waals surface area contributed by atoms with E-state index in [0.29, 0.717) is 0 Å². The van der Waals surface area contributed by atoms with Crippen molar-refractivity contribution in [3.8, 4) is 0 Å². The van der Waals surface area contributed by atoms with Crippen LogP contribution in [0.2, 0.25) is 0 Å². The number of rotatable bonds is 5. The highest BCUT2D eigenvalue weighted by Crippen LogP contribution is 2.33. The molecule has 0 saturated heterocycles. The molecule has 10 heteroatoms. The maximum absolute atomic E-state index is 9.33. The molecule has 0 aromatic rings. The molecule has 98 valence electrons. The van der Waals surface area contributed by atoms with Crippen molar-refractivity contribution in [3.05, 3.63) is 0 Å². The van der Waals surface area contributed by atoms with Crippen molar-refractivity contribution in [2.75, 3.05) is 6.61 Å². The quantitative estimate of drug-likeness (QED) is 0.208. The van der Waals surface area contributed by atoms with Crippen molar-refractivity contribution in [1.82, 2.24) is 0 Å². The molecule has 0 amide bonds. The average molecular weight is 246 g/mol. The molecule has 0 aromatic carbocycles. The molecule has 0 spiro atoms. The van der Waals surface area contributed by atoms with E-state index in [9.17, 15) is 5.11 Å². The van der Waals surface area contributed by atoms with Crippen LogP contribution >= 0.6 is 0 Å². The van der Waals surface area contributed by atoms with Gasteiger partial charge < -0.3 is 51.1 Å². The Balaban J connectivity index is 5.53. The fraction of sp³-hybridized carbons (Fsp3) is 1.00. The Hall–Kier alpha value is -0.400. The molecule has 16 heavy (non-hydrogen) atoms. The summed E-state index contributed by atoms with van der Waals surface area (Å²) in [5.41, 5.74) is -3.84. The normalized spacial score (nSPS) is 15.0. The summed E-state index contributed by atoms with van der Waals surface area (Å²) in [7, 11) is 0. The highest BCUT2D eigenvalue weighted by Gasteiger charge is 2.67. The third kappa shape index (κ3) is 2.03. The SMILES string of the molecule is OCC(O)(C(O)(O)C(O)O)C(O)(O)C(O)O. The van der Waals surface area contributed by atoms with Gasteiger partial charge in [-0.3, -0.25) is 0 Å². The van der Waals surface area contributed by atoms with Crippen molar-refractivity contribution in [1.29, 1.82) is 0 Å². The van der Waals surface area contributed by atoms with E-state index < -0.39 is 36.4 Å². The molecule has 10 N–H and O–H groups in total. The monoisotopic (exact) mass is 246 g/mol.